The number of carbonyl (C=O) groups is 2. The third-order valence-corrected chi connectivity index (χ3v) is 4.71. The smallest absolute Gasteiger partial charge is 0.253 e. The fourth-order valence-corrected chi connectivity index (χ4v) is 3.25. The third kappa shape index (κ3) is 4.74. The minimum atomic E-state index is -0.919. The molecule has 1 aromatic heterocycles. The zero-order valence-corrected chi connectivity index (χ0v) is 15.7. The standard InChI is InChI=1S/C21H20N2O3S/c1-2-26-17-12-7-6-11-16(17)22-20(19(24)18-13-8-14-27-18)23-21(25)15-9-4-3-5-10-15/h3-14,20,22H,2H2,1H3,(H,23,25). The van der Waals surface area contributed by atoms with E-state index in [0.29, 0.717) is 28.5 Å². The van der Waals surface area contributed by atoms with Gasteiger partial charge in [0.1, 0.15) is 5.75 Å². The number of anilines is 1. The molecule has 0 bridgehead atoms. The molecule has 0 aliphatic carbocycles. The van der Waals surface area contributed by atoms with E-state index in [1.165, 1.54) is 11.3 Å². The first-order valence-electron chi connectivity index (χ1n) is 8.61. The molecule has 2 N–H and O–H groups in total. The van der Waals surface area contributed by atoms with Gasteiger partial charge in [-0.05, 0) is 42.6 Å². The second-order valence-electron chi connectivity index (χ2n) is 5.69. The summed E-state index contributed by atoms with van der Waals surface area (Å²) in [5.74, 6) is 0.0884. The average Bonchev–Trinajstić information content (AvgIpc) is 3.24. The Morgan fingerprint density at radius 3 is 2.44 bits per heavy atom. The summed E-state index contributed by atoms with van der Waals surface area (Å²) in [4.78, 5) is 26.1. The van der Waals surface area contributed by atoms with Crippen molar-refractivity contribution in [3.05, 3.63) is 82.6 Å². The highest BCUT2D eigenvalue weighted by molar-refractivity contribution is 7.12. The molecule has 138 valence electrons. The highest BCUT2D eigenvalue weighted by Gasteiger charge is 2.24. The van der Waals surface area contributed by atoms with Crippen molar-refractivity contribution >= 4 is 28.7 Å². The minimum Gasteiger partial charge on any atom is -0.492 e. The second kappa shape index (κ2) is 9.00. The van der Waals surface area contributed by atoms with E-state index in [1.54, 1.807) is 30.3 Å². The molecule has 0 radical (unpaired) electrons. The maximum atomic E-state index is 12.9. The summed E-state index contributed by atoms with van der Waals surface area (Å²) in [5, 5.41) is 7.74. The molecule has 1 amide bonds. The highest BCUT2D eigenvalue weighted by Crippen LogP contribution is 2.25. The van der Waals surface area contributed by atoms with Crippen LogP contribution < -0.4 is 15.4 Å². The number of ether oxygens (including phenoxy) is 1. The lowest BCUT2D eigenvalue weighted by Gasteiger charge is -2.21. The number of thiophene rings is 1. The van der Waals surface area contributed by atoms with E-state index in [4.69, 9.17) is 4.74 Å². The molecule has 0 fully saturated rings. The highest BCUT2D eigenvalue weighted by atomic mass is 32.1. The van der Waals surface area contributed by atoms with Crippen LogP contribution >= 0.6 is 11.3 Å². The predicted molar refractivity (Wildman–Crippen MR) is 108 cm³/mol. The van der Waals surface area contributed by atoms with Crippen molar-refractivity contribution in [2.75, 3.05) is 11.9 Å². The summed E-state index contributed by atoms with van der Waals surface area (Å²) in [6.45, 7) is 2.39. The molecule has 6 heteroatoms. The van der Waals surface area contributed by atoms with Gasteiger partial charge in [0.05, 0.1) is 17.2 Å². The molecule has 0 saturated heterocycles. The number of Topliss-reactive ketones (excluding diaryl/α,β-unsaturated/α-hetero) is 1. The van der Waals surface area contributed by atoms with Crippen molar-refractivity contribution in [1.29, 1.82) is 0 Å². The molecule has 3 rings (SSSR count). The van der Waals surface area contributed by atoms with Gasteiger partial charge in [-0.2, -0.15) is 0 Å². The molecule has 5 nitrogen and oxygen atoms in total. The van der Waals surface area contributed by atoms with Gasteiger partial charge in [0.25, 0.3) is 5.91 Å². The zero-order chi connectivity index (χ0) is 19.1. The molecule has 0 saturated carbocycles. The Hall–Kier alpha value is -3.12. The fourth-order valence-electron chi connectivity index (χ4n) is 2.55. The quantitative estimate of drug-likeness (QED) is 0.454. The molecule has 0 spiro atoms. The Bertz CT molecular complexity index is 895. The van der Waals surface area contributed by atoms with Gasteiger partial charge in [0, 0.05) is 5.56 Å². The molecule has 0 aliphatic heterocycles. The summed E-state index contributed by atoms with van der Waals surface area (Å²) in [7, 11) is 0. The van der Waals surface area contributed by atoms with Crippen LogP contribution in [0.3, 0.4) is 0 Å². The summed E-state index contributed by atoms with van der Waals surface area (Å²) in [6, 6.07) is 19.7. The topological polar surface area (TPSA) is 67.4 Å². The molecule has 1 atom stereocenters. The van der Waals surface area contributed by atoms with Crippen molar-refractivity contribution in [1.82, 2.24) is 5.32 Å². The van der Waals surface area contributed by atoms with Crippen LogP contribution in [0.5, 0.6) is 5.75 Å². The number of amides is 1. The number of hydrogen-bond donors (Lipinski definition) is 2. The number of nitrogens with one attached hydrogen (secondary N) is 2. The Kier molecular flexibility index (Phi) is 6.22. The van der Waals surface area contributed by atoms with Gasteiger partial charge in [-0.15, -0.1) is 11.3 Å². The largest absolute Gasteiger partial charge is 0.492 e. The van der Waals surface area contributed by atoms with Gasteiger partial charge in [0.2, 0.25) is 5.78 Å². The number of para-hydroxylation sites is 2. The maximum absolute atomic E-state index is 12.9. The van der Waals surface area contributed by atoms with Crippen LogP contribution in [0.15, 0.2) is 72.1 Å². The van der Waals surface area contributed by atoms with Crippen molar-refractivity contribution in [3.8, 4) is 5.75 Å². The van der Waals surface area contributed by atoms with Crippen LogP contribution in [0, 0.1) is 0 Å². The van der Waals surface area contributed by atoms with Gasteiger partial charge in [-0.25, -0.2) is 0 Å². The fraction of sp³-hybridized carbons (Fsp3) is 0.143. The first-order valence-corrected chi connectivity index (χ1v) is 9.49. The van der Waals surface area contributed by atoms with E-state index in [1.807, 2.05) is 48.7 Å². The van der Waals surface area contributed by atoms with Crippen LogP contribution in [-0.2, 0) is 0 Å². The third-order valence-electron chi connectivity index (χ3n) is 3.82. The zero-order valence-electron chi connectivity index (χ0n) is 14.8. The lowest BCUT2D eigenvalue weighted by Crippen LogP contribution is -2.46. The van der Waals surface area contributed by atoms with E-state index in [0.717, 1.165) is 0 Å². The number of hydrogen-bond acceptors (Lipinski definition) is 5. The van der Waals surface area contributed by atoms with E-state index in [2.05, 4.69) is 10.6 Å². The van der Waals surface area contributed by atoms with Gasteiger partial charge < -0.3 is 15.4 Å². The molecule has 0 aliphatic rings. The minimum absolute atomic E-state index is 0.208. The van der Waals surface area contributed by atoms with Crippen LogP contribution in [0.25, 0.3) is 0 Å². The molecule has 27 heavy (non-hydrogen) atoms. The normalized spacial score (nSPS) is 11.4. The Balaban J connectivity index is 1.86. The van der Waals surface area contributed by atoms with E-state index >= 15 is 0 Å². The van der Waals surface area contributed by atoms with E-state index < -0.39 is 6.17 Å². The molecular formula is C21H20N2O3S. The number of carbonyl (C=O) groups excluding carboxylic acids is 2. The van der Waals surface area contributed by atoms with Gasteiger partial charge in [-0.3, -0.25) is 9.59 Å². The number of ketones is 1. The first-order chi connectivity index (χ1) is 13.2. The Morgan fingerprint density at radius 2 is 1.74 bits per heavy atom. The monoisotopic (exact) mass is 380 g/mol. The van der Waals surface area contributed by atoms with Crippen molar-refractivity contribution in [2.24, 2.45) is 0 Å². The summed E-state index contributed by atoms with van der Waals surface area (Å²) in [5.41, 5.74) is 1.13. The van der Waals surface area contributed by atoms with Gasteiger partial charge in [0.15, 0.2) is 6.17 Å². The van der Waals surface area contributed by atoms with Crippen LogP contribution in [-0.4, -0.2) is 24.5 Å². The SMILES string of the molecule is CCOc1ccccc1NC(NC(=O)c1ccccc1)C(=O)c1cccs1. The van der Waals surface area contributed by atoms with Crippen molar-refractivity contribution in [2.45, 2.75) is 13.1 Å². The summed E-state index contributed by atoms with van der Waals surface area (Å²) >= 11 is 1.34. The van der Waals surface area contributed by atoms with E-state index in [9.17, 15) is 9.59 Å². The van der Waals surface area contributed by atoms with Gasteiger partial charge >= 0.3 is 0 Å². The van der Waals surface area contributed by atoms with Crippen molar-refractivity contribution in [3.63, 3.8) is 0 Å². The number of rotatable bonds is 8. The van der Waals surface area contributed by atoms with Crippen molar-refractivity contribution < 1.29 is 14.3 Å². The molecular weight excluding hydrogens is 360 g/mol. The lowest BCUT2D eigenvalue weighted by atomic mass is 10.2. The van der Waals surface area contributed by atoms with Crippen LogP contribution in [0.2, 0.25) is 0 Å². The predicted octanol–water partition coefficient (Wildman–Crippen LogP) is 4.20. The Labute approximate surface area is 162 Å². The summed E-state index contributed by atoms with van der Waals surface area (Å²) < 4.78 is 5.61. The van der Waals surface area contributed by atoms with Crippen LogP contribution in [0.1, 0.15) is 27.0 Å². The second-order valence-corrected chi connectivity index (χ2v) is 6.64. The lowest BCUT2D eigenvalue weighted by molar-refractivity contribution is 0.0871. The maximum Gasteiger partial charge on any atom is 0.253 e. The average molecular weight is 380 g/mol. The molecule has 1 heterocycles. The van der Waals surface area contributed by atoms with Gasteiger partial charge in [-0.1, -0.05) is 36.4 Å². The van der Waals surface area contributed by atoms with E-state index in [-0.39, 0.29) is 11.7 Å². The Morgan fingerprint density at radius 1 is 1.00 bits per heavy atom. The first kappa shape index (κ1) is 18.7. The molecule has 1 unspecified atom stereocenters. The molecule has 3 aromatic rings. The van der Waals surface area contributed by atoms with Crippen LogP contribution in [0.4, 0.5) is 5.69 Å². The molecule has 2 aromatic carbocycles. The summed E-state index contributed by atoms with van der Waals surface area (Å²) in [6.07, 6.45) is -0.919. The number of benzene rings is 2.